The topological polar surface area (TPSA) is 41.6 Å². The molecule has 0 aromatic heterocycles. The molecule has 1 amide bonds. The lowest BCUT2D eigenvalue weighted by Gasteiger charge is -2.16. The molecule has 20 heavy (non-hydrogen) atoms. The van der Waals surface area contributed by atoms with E-state index in [2.05, 4.69) is 39.9 Å². The third kappa shape index (κ3) is 6.19. The number of benzene rings is 1. The van der Waals surface area contributed by atoms with Crippen LogP contribution in [0.1, 0.15) is 22.3 Å². The predicted octanol–water partition coefficient (Wildman–Crippen LogP) is 2.30. The molecule has 0 saturated carbocycles. The molecule has 4 nitrogen and oxygen atoms in total. The summed E-state index contributed by atoms with van der Waals surface area (Å²) < 4.78 is 6.13. The second-order valence-corrected chi connectivity index (χ2v) is 6.03. The molecule has 0 fully saturated rings. The van der Waals surface area contributed by atoms with E-state index in [4.69, 9.17) is 4.74 Å². The van der Waals surface area contributed by atoms with Gasteiger partial charge in [0.25, 0.3) is 5.91 Å². The molecule has 0 unspecified atom stereocenters. The molecule has 0 aliphatic rings. The Bertz CT molecular complexity index is 438. The third-order valence-corrected chi connectivity index (χ3v) is 4.26. The normalized spacial score (nSPS) is 10.8. The Kier molecular flexibility index (Phi) is 8.09. The first kappa shape index (κ1) is 17.4. The summed E-state index contributed by atoms with van der Waals surface area (Å²) in [6.07, 6.45) is 1.01. The molecular formula is C15H23IN2O2. The van der Waals surface area contributed by atoms with E-state index < -0.39 is 0 Å². The molecule has 0 aliphatic carbocycles. The van der Waals surface area contributed by atoms with Crippen LogP contribution in [-0.2, 0) is 4.74 Å². The van der Waals surface area contributed by atoms with Crippen molar-refractivity contribution in [2.45, 2.75) is 13.3 Å². The number of nitrogens with one attached hydrogen (secondary N) is 1. The van der Waals surface area contributed by atoms with Gasteiger partial charge in [0.15, 0.2) is 0 Å². The lowest BCUT2D eigenvalue weighted by Crippen LogP contribution is -2.33. The summed E-state index contributed by atoms with van der Waals surface area (Å²) in [7, 11) is 3.76. The molecular weight excluding hydrogens is 367 g/mol. The van der Waals surface area contributed by atoms with E-state index in [0.29, 0.717) is 6.54 Å². The number of carbonyl (C=O) groups is 1. The number of ether oxygens (including phenoxy) is 1. The van der Waals surface area contributed by atoms with Gasteiger partial charge in [-0.1, -0.05) is 6.07 Å². The molecule has 112 valence electrons. The van der Waals surface area contributed by atoms with Gasteiger partial charge in [-0.05, 0) is 60.7 Å². The van der Waals surface area contributed by atoms with Crippen molar-refractivity contribution < 1.29 is 9.53 Å². The van der Waals surface area contributed by atoms with Crippen LogP contribution in [0.25, 0.3) is 0 Å². The van der Waals surface area contributed by atoms with Crippen LogP contribution >= 0.6 is 22.6 Å². The molecule has 5 heteroatoms. The maximum absolute atomic E-state index is 12.0. The molecule has 0 saturated heterocycles. The first-order valence-electron chi connectivity index (χ1n) is 6.76. The van der Waals surface area contributed by atoms with Gasteiger partial charge in [0.1, 0.15) is 0 Å². The van der Waals surface area contributed by atoms with E-state index in [0.717, 1.165) is 35.3 Å². The molecule has 1 aromatic rings. The van der Waals surface area contributed by atoms with Crippen LogP contribution in [0.3, 0.4) is 0 Å². The van der Waals surface area contributed by atoms with Crippen molar-refractivity contribution in [1.82, 2.24) is 10.2 Å². The average molecular weight is 390 g/mol. The first-order valence-corrected chi connectivity index (χ1v) is 7.84. The standard InChI is InChI=1S/C15H23IN2O2/c1-12-5-6-13(11-14(12)16)15(19)17-7-9-18(2)8-4-10-20-3/h5-6,11H,4,7-10H2,1-3H3,(H,17,19). The number of hydrogen-bond donors (Lipinski definition) is 1. The Labute approximate surface area is 135 Å². The largest absolute Gasteiger partial charge is 0.385 e. The van der Waals surface area contributed by atoms with Crippen molar-refractivity contribution in [3.63, 3.8) is 0 Å². The molecule has 0 atom stereocenters. The van der Waals surface area contributed by atoms with Gasteiger partial charge in [0.05, 0.1) is 0 Å². The lowest BCUT2D eigenvalue weighted by molar-refractivity contribution is 0.0949. The van der Waals surface area contributed by atoms with E-state index in [-0.39, 0.29) is 5.91 Å². The SMILES string of the molecule is COCCCN(C)CCNC(=O)c1ccc(C)c(I)c1. The van der Waals surface area contributed by atoms with Gasteiger partial charge in [-0.25, -0.2) is 0 Å². The maximum Gasteiger partial charge on any atom is 0.251 e. The third-order valence-electron chi connectivity index (χ3n) is 3.10. The van der Waals surface area contributed by atoms with E-state index in [1.54, 1.807) is 7.11 Å². The minimum atomic E-state index is -0.00629. The Morgan fingerprint density at radius 2 is 2.15 bits per heavy atom. The summed E-state index contributed by atoms with van der Waals surface area (Å²) in [5, 5.41) is 2.95. The number of rotatable bonds is 8. The molecule has 1 aromatic carbocycles. The van der Waals surface area contributed by atoms with Crippen molar-refractivity contribution in [3.05, 3.63) is 32.9 Å². The Balaban J connectivity index is 2.30. The van der Waals surface area contributed by atoms with Gasteiger partial charge in [0, 0.05) is 42.5 Å². The summed E-state index contributed by atoms with van der Waals surface area (Å²) in [5.41, 5.74) is 1.92. The Morgan fingerprint density at radius 3 is 2.80 bits per heavy atom. The van der Waals surface area contributed by atoms with Crippen molar-refractivity contribution >= 4 is 28.5 Å². The van der Waals surface area contributed by atoms with Crippen molar-refractivity contribution in [1.29, 1.82) is 0 Å². The van der Waals surface area contributed by atoms with Gasteiger partial charge in [-0.3, -0.25) is 4.79 Å². The quantitative estimate of drug-likeness (QED) is 0.547. The summed E-state index contributed by atoms with van der Waals surface area (Å²) in [4.78, 5) is 14.2. The molecule has 0 aliphatic heterocycles. The molecule has 0 radical (unpaired) electrons. The van der Waals surface area contributed by atoms with Crippen LogP contribution in [0, 0.1) is 10.5 Å². The summed E-state index contributed by atoms with van der Waals surface area (Å²) in [6.45, 7) is 5.30. The van der Waals surface area contributed by atoms with E-state index in [1.165, 1.54) is 5.56 Å². The fourth-order valence-electron chi connectivity index (χ4n) is 1.79. The van der Waals surface area contributed by atoms with E-state index in [1.807, 2.05) is 25.1 Å². The highest BCUT2D eigenvalue weighted by Gasteiger charge is 2.07. The predicted molar refractivity (Wildman–Crippen MR) is 90.2 cm³/mol. The van der Waals surface area contributed by atoms with E-state index in [9.17, 15) is 4.79 Å². The lowest BCUT2D eigenvalue weighted by atomic mass is 10.1. The van der Waals surface area contributed by atoms with Crippen LogP contribution in [-0.4, -0.2) is 51.2 Å². The summed E-state index contributed by atoms with van der Waals surface area (Å²) in [5.74, 6) is -0.00629. The minimum Gasteiger partial charge on any atom is -0.385 e. The van der Waals surface area contributed by atoms with Crippen molar-refractivity contribution in [3.8, 4) is 0 Å². The number of hydrogen-bond acceptors (Lipinski definition) is 3. The van der Waals surface area contributed by atoms with E-state index >= 15 is 0 Å². The highest BCUT2D eigenvalue weighted by Crippen LogP contribution is 2.13. The fourth-order valence-corrected chi connectivity index (χ4v) is 2.30. The molecule has 0 bridgehead atoms. The minimum absolute atomic E-state index is 0.00629. The number of carbonyl (C=O) groups excluding carboxylic acids is 1. The number of amides is 1. The second kappa shape index (κ2) is 9.31. The molecule has 0 spiro atoms. The summed E-state index contributed by atoms with van der Waals surface area (Å²) in [6, 6.07) is 5.77. The van der Waals surface area contributed by atoms with Gasteiger partial charge in [-0.15, -0.1) is 0 Å². The molecule has 0 heterocycles. The number of aryl methyl sites for hydroxylation is 1. The van der Waals surface area contributed by atoms with Crippen LogP contribution in [0.4, 0.5) is 0 Å². The number of methoxy groups -OCH3 is 1. The molecule has 1 rings (SSSR count). The van der Waals surface area contributed by atoms with Crippen LogP contribution < -0.4 is 5.32 Å². The fraction of sp³-hybridized carbons (Fsp3) is 0.533. The zero-order valence-electron chi connectivity index (χ0n) is 12.4. The smallest absolute Gasteiger partial charge is 0.251 e. The zero-order chi connectivity index (χ0) is 15.0. The van der Waals surface area contributed by atoms with Crippen molar-refractivity contribution in [2.24, 2.45) is 0 Å². The highest BCUT2D eigenvalue weighted by molar-refractivity contribution is 14.1. The summed E-state index contributed by atoms with van der Waals surface area (Å²) >= 11 is 2.25. The molecule has 1 N–H and O–H groups in total. The number of likely N-dealkylation sites (N-methyl/N-ethyl adjacent to an activating group) is 1. The second-order valence-electron chi connectivity index (χ2n) is 4.87. The van der Waals surface area contributed by atoms with Gasteiger partial charge < -0.3 is 15.0 Å². The Hall–Kier alpha value is -0.660. The Morgan fingerprint density at radius 1 is 1.40 bits per heavy atom. The van der Waals surface area contributed by atoms with Gasteiger partial charge in [0.2, 0.25) is 0 Å². The average Bonchev–Trinajstić information content (AvgIpc) is 2.42. The monoisotopic (exact) mass is 390 g/mol. The van der Waals surface area contributed by atoms with Crippen molar-refractivity contribution in [2.75, 3.05) is 40.4 Å². The first-order chi connectivity index (χ1) is 9.54. The zero-order valence-corrected chi connectivity index (χ0v) is 14.6. The number of nitrogens with zero attached hydrogens (tertiary/aromatic N) is 1. The van der Waals surface area contributed by atoms with Crippen LogP contribution in [0.2, 0.25) is 0 Å². The highest BCUT2D eigenvalue weighted by atomic mass is 127. The maximum atomic E-state index is 12.0. The van der Waals surface area contributed by atoms with Crippen LogP contribution in [0.5, 0.6) is 0 Å². The number of halogens is 1. The van der Waals surface area contributed by atoms with Crippen LogP contribution in [0.15, 0.2) is 18.2 Å². The van der Waals surface area contributed by atoms with Gasteiger partial charge in [-0.2, -0.15) is 0 Å². The van der Waals surface area contributed by atoms with Gasteiger partial charge >= 0.3 is 0 Å².